The van der Waals surface area contributed by atoms with E-state index in [1.807, 2.05) is 0 Å². The first-order valence-electron chi connectivity index (χ1n) is 10.5. The molecule has 1 saturated heterocycles. The monoisotopic (exact) mass is 475 g/mol. The van der Waals surface area contributed by atoms with Crippen LogP contribution in [0.25, 0.3) is 11.4 Å². The molecule has 3 atom stereocenters. The van der Waals surface area contributed by atoms with Crippen molar-refractivity contribution < 1.29 is 27.1 Å². The Morgan fingerprint density at radius 2 is 1.97 bits per heavy atom. The smallest absolute Gasteiger partial charge is 0.434 e. The summed E-state index contributed by atoms with van der Waals surface area (Å²) in [5.41, 5.74) is -1.08. The van der Waals surface area contributed by atoms with Crippen LogP contribution in [0.2, 0.25) is 0 Å². The van der Waals surface area contributed by atoms with Crippen LogP contribution in [0.4, 0.5) is 17.6 Å². The molecule has 0 radical (unpaired) electrons. The fourth-order valence-corrected chi connectivity index (χ4v) is 4.44. The van der Waals surface area contributed by atoms with Crippen molar-refractivity contribution in [2.45, 2.75) is 38.1 Å². The molecule has 2 bridgehead atoms. The van der Waals surface area contributed by atoms with Gasteiger partial charge in [0.2, 0.25) is 0 Å². The molecule has 4 rings (SSSR count). The minimum atomic E-state index is -4.67. The number of likely N-dealkylation sites (tertiary alicyclic amines) is 1. The van der Waals surface area contributed by atoms with Crippen LogP contribution in [0.15, 0.2) is 58.5 Å². The first-order chi connectivity index (χ1) is 16.2. The molecule has 34 heavy (non-hydrogen) atoms. The summed E-state index contributed by atoms with van der Waals surface area (Å²) in [7, 11) is 0. The Morgan fingerprint density at radius 3 is 2.62 bits per heavy atom. The average molecular weight is 475 g/mol. The maximum atomic E-state index is 14.7. The van der Waals surface area contributed by atoms with Gasteiger partial charge in [-0.05, 0) is 43.7 Å². The van der Waals surface area contributed by atoms with Crippen LogP contribution in [-0.2, 0) is 4.74 Å². The number of carbonyl (C=O) groups excluding carboxylic acids is 1. The van der Waals surface area contributed by atoms with Gasteiger partial charge in [-0.25, -0.2) is 19.4 Å². The number of rotatable bonds is 5. The quantitative estimate of drug-likeness (QED) is 0.364. The van der Waals surface area contributed by atoms with Crippen molar-refractivity contribution >= 4 is 18.5 Å². The van der Waals surface area contributed by atoms with Gasteiger partial charge in [0.05, 0.1) is 23.4 Å². The predicted molar refractivity (Wildman–Crippen MR) is 117 cm³/mol. The normalized spacial score (nSPS) is 22.7. The van der Waals surface area contributed by atoms with E-state index in [9.17, 15) is 22.4 Å². The molecule has 7 nitrogen and oxygen atoms in total. The number of aliphatic imine (C=N–C) groups is 2. The highest BCUT2D eigenvalue weighted by atomic mass is 19.4. The van der Waals surface area contributed by atoms with Gasteiger partial charge in [0.15, 0.2) is 17.4 Å². The van der Waals surface area contributed by atoms with Crippen molar-refractivity contribution in [3.05, 3.63) is 59.9 Å². The van der Waals surface area contributed by atoms with Crippen LogP contribution in [0.1, 0.15) is 30.1 Å². The summed E-state index contributed by atoms with van der Waals surface area (Å²) < 4.78 is 58.9. The predicted octanol–water partition coefficient (Wildman–Crippen LogP) is 4.43. The lowest BCUT2D eigenvalue weighted by Gasteiger charge is -2.33. The second-order valence-electron chi connectivity index (χ2n) is 8.07. The highest BCUT2D eigenvalue weighted by Gasteiger charge is 2.49. The average Bonchev–Trinajstić information content (AvgIpc) is 3.39. The number of nitrogens with zero attached hydrogens (tertiary/aromatic N) is 5. The van der Waals surface area contributed by atoms with E-state index in [1.54, 1.807) is 11.0 Å². The first-order valence-corrected chi connectivity index (χ1v) is 10.5. The molecule has 2 fully saturated rings. The number of fused-ring (bicyclic) bond motifs is 2. The fourth-order valence-electron chi connectivity index (χ4n) is 4.44. The van der Waals surface area contributed by atoms with Crippen LogP contribution < -0.4 is 0 Å². The number of aromatic nitrogens is 2. The van der Waals surface area contributed by atoms with Crippen molar-refractivity contribution in [1.82, 2.24) is 14.9 Å². The van der Waals surface area contributed by atoms with E-state index in [1.165, 1.54) is 37.5 Å². The number of halogens is 4. The Hall–Kier alpha value is -3.63. The Morgan fingerprint density at radius 1 is 1.24 bits per heavy atom. The molecule has 1 aliphatic heterocycles. The van der Waals surface area contributed by atoms with Gasteiger partial charge in [-0.1, -0.05) is 6.07 Å². The maximum Gasteiger partial charge on any atom is 0.434 e. The SMILES string of the molecule is C=N/C(=C\N=C(C)OC1CC2CC1N(C(=O)c1cccc(F)c1-c1ncccn1)C2)C(F)(F)F. The molecule has 1 saturated carbocycles. The van der Waals surface area contributed by atoms with Gasteiger partial charge in [-0.2, -0.15) is 13.2 Å². The molecule has 11 heteroatoms. The van der Waals surface area contributed by atoms with Crippen molar-refractivity contribution in [2.75, 3.05) is 6.54 Å². The fraction of sp³-hybridized carbons (Fsp3) is 0.348. The van der Waals surface area contributed by atoms with Crippen LogP contribution in [-0.4, -0.2) is 58.3 Å². The van der Waals surface area contributed by atoms with E-state index < -0.39 is 23.8 Å². The van der Waals surface area contributed by atoms with Gasteiger partial charge in [-0.15, -0.1) is 0 Å². The Kier molecular flexibility index (Phi) is 6.45. The Labute approximate surface area is 192 Å². The van der Waals surface area contributed by atoms with Crippen molar-refractivity contribution in [3.63, 3.8) is 0 Å². The summed E-state index contributed by atoms with van der Waals surface area (Å²) in [5.74, 6) is -0.716. The lowest BCUT2D eigenvalue weighted by molar-refractivity contribution is -0.0924. The van der Waals surface area contributed by atoms with E-state index in [2.05, 4.69) is 26.7 Å². The maximum absolute atomic E-state index is 14.7. The molecule has 1 amide bonds. The molecule has 0 N–H and O–H groups in total. The van der Waals surface area contributed by atoms with Gasteiger partial charge in [0, 0.05) is 25.9 Å². The number of benzene rings is 1. The van der Waals surface area contributed by atoms with Gasteiger partial charge in [0.25, 0.3) is 5.91 Å². The number of hydrogen-bond donors (Lipinski definition) is 0. The van der Waals surface area contributed by atoms with Crippen LogP contribution >= 0.6 is 0 Å². The molecule has 3 unspecified atom stereocenters. The van der Waals surface area contributed by atoms with E-state index >= 15 is 0 Å². The minimum absolute atomic E-state index is 0.0134. The zero-order valence-corrected chi connectivity index (χ0v) is 18.2. The number of carbonyl (C=O) groups is 1. The molecule has 2 aliphatic rings. The number of allylic oxidation sites excluding steroid dienone is 1. The molecule has 2 aromatic rings. The third-order valence-electron chi connectivity index (χ3n) is 5.87. The zero-order valence-electron chi connectivity index (χ0n) is 18.2. The number of amides is 1. The van der Waals surface area contributed by atoms with Gasteiger partial charge < -0.3 is 9.64 Å². The van der Waals surface area contributed by atoms with Crippen molar-refractivity contribution in [2.24, 2.45) is 15.9 Å². The van der Waals surface area contributed by atoms with E-state index in [-0.39, 0.29) is 40.7 Å². The summed E-state index contributed by atoms with van der Waals surface area (Å²) in [6.07, 6.45) is -0.330. The van der Waals surface area contributed by atoms with Crippen LogP contribution in [0.3, 0.4) is 0 Å². The molecule has 2 heterocycles. The Balaban J connectivity index is 1.55. The second kappa shape index (κ2) is 9.32. The third-order valence-corrected chi connectivity index (χ3v) is 5.87. The van der Waals surface area contributed by atoms with Gasteiger partial charge >= 0.3 is 6.18 Å². The van der Waals surface area contributed by atoms with Gasteiger partial charge in [-0.3, -0.25) is 9.79 Å². The van der Waals surface area contributed by atoms with Crippen LogP contribution in [0.5, 0.6) is 0 Å². The molecule has 1 aromatic heterocycles. The van der Waals surface area contributed by atoms with Crippen LogP contribution in [0, 0.1) is 11.7 Å². The standard InChI is InChI=1S/C23H21F4N5O2/c1-13(31-11-19(28-2)23(25,26)27)34-18-10-14-9-17(18)32(12-14)22(33)15-5-3-6-16(24)20(15)21-29-7-4-8-30-21/h3-8,11,14,17-18H,2,9-10,12H2,1H3/b19-11-,31-13?. The lowest BCUT2D eigenvalue weighted by atomic mass is 10.0. The van der Waals surface area contributed by atoms with Crippen molar-refractivity contribution in [1.29, 1.82) is 0 Å². The van der Waals surface area contributed by atoms with E-state index in [4.69, 9.17) is 4.74 Å². The van der Waals surface area contributed by atoms with Gasteiger partial charge in [0.1, 0.15) is 11.9 Å². The first kappa shape index (κ1) is 23.5. The number of ether oxygens (including phenoxy) is 1. The number of hydrogen-bond acceptors (Lipinski definition) is 6. The highest BCUT2D eigenvalue weighted by molar-refractivity contribution is 6.00. The summed E-state index contributed by atoms with van der Waals surface area (Å²) in [6.45, 7) is 4.81. The molecule has 178 valence electrons. The highest BCUT2D eigenvalue weighted by Crippen LogP contribution is 2.41. The summed E-state index contributed by atoms with van der Waals surface area (Å²) in [5, 5.41) is 0. The minimum Gasteiger partial charge on any atom is -0.475 e. The van der Waals surface area contributed by atoms with E-state index in [0.29, 0.717) is 25.6 Å². The summed E-state index contributed by atoms with van der Waals surface area (Å²) >= 11 is 0. The van der Waals surface area contributed by atoms with Crippen molar-refractivity contribution in [3.8, 4) is 11.4 Å². The third kappa shape index (κ3) is 4.68. The molecule has 1 aromatic carbocycles. The lowest BCUT2D eigenvalue weighted by Crippen LogP contribution is -2.46. The zero-order chi connectivity index (χ0) is 24.5. The molecule has 0 spiro atoms. The summed E-state index contributed by atoms with van der Waals surface area (Å²) in [4.78, 5) is 29.9. The van der Waals surface area contributed by atoms with E-state index in [0.717, 1.165) is 0 Å². The largest absolute Gasteiger partial charge is 0.475 e. The molecular weight excluding hydrogens is 454 g/mol. The number of alkyl halides is 3. The summed E-state index contributed by atoms with van der Waals surface area (Å²) in [6, 6.07) is 5.49. The molecular formula is C23H21F4N5O2. The molecule has 1 aliphatic carbocycles. The number of piperidine rings is 1. The topological polar surface area (TPSA) is 80.0 Å². The second-order valence-corrected chi connectivity index (χ2v) is 8.07. The Bertz CT molecular complexity index is 1150.